The van der Waals surface area contributed by atoms with Gasteiger partial charge in [-0.15, -0.1) is 0 Å². The molecule has 0 aromatic heterocycles. The van der Waals surface area contributed by atoms with Crippen molar-refractivity contribution in [2.45, 2.75) is 46.8 Å². The van der Waals surface area contributed by atoms with Crippen LogP contribution in [0.1, 0.15) is 44.7 Å². The Morgan fingerprint density at radius 1 is 1.26 bits per heavy atom. The molecule has 0 bridgehead atoms. The van der Waals surface area contributed by atoms with Gasteiger partial charge in [-0.2, -0.15) is 5.06 Å². The van der Waals surface area contributed by atoms with E-state index in [4.69, 9.17) is 9.57 Å². The Balaban J connectivity index is 3.29. The van der Waals surface area contributed by atoms with Crippen molar-refractivity contribution in [1.29, 1.82) is 0 Å². The van der Waals surface area contributed by atoms with Crippen LogP contribution in [-0.4, -0.2) is 19.3 Å². The summed E-state index contributed by atoms with van der Waals surface area (Å²) in [6.45, 7) is 9.53. The van der Waals surface area contributed by atoms with Gasteiger partial charge in [0.25, 0.3) is 0 Å². The van der Waals surface area contributed by atoms with Crippen LogP contribution in [0.3, 0.4) is 0 Å². The van der Waals surface area contributed by atoms with Crippen LogP contribution < -0.4 is 5.06 Å². The molecule has 0 saturated heterocycles. The quantitative estimate of drug-likeness (QED) is 0.604. The minimum atomic E-state index is -0.361. The summed E-state index contributed by atoms with van der Waals surface area (Å²) in [5.41, 5.74) is 3.21. The number of carbonyl (C=O) groups excluding carboxylic acids is 1. The minimum Gasteiger partial charge on any atom is -0.359 e. The van der Waals surface area contributed by atoms with Crippen LogP contribution in [0.5, 0.6) is 0 Å². The van der Waals surface area contributed by atoms with Crippen LogP contribution in [0, 0.1) is 6.92 Å². The third-order valence-electron chi connectivity index (χ3n) is 3.01. The average Bonchev–Trinajstić information content (AvgIpc) is 2.34. The lowest BCUT2D eigenvalue weighted by Gasteiger charge is -2.30. The maximum Gasteiger partial charge on any atom is 0.329 e. The molecule has 0 saturated carbocycles. The Morgan fingerprint density at radius 2 is 1.89 bits per heavy atom. The van der Waals surface area contributed by atoms with Gasteiger partial charge >= 0.3 is 5.97 Å². The van der Waals surface area contributed by atoms with E-state index in [1.54, 1.807) is 7.11 Å². The highest BCUT2D eigenvalue weighted by molar-refractivity contribution is 5.69. The predicted molar refractivity (Wildman–Crippen MR) is 76.0 cm³/mol. The summed E-state index contributed by atoms with van der Waals surface area (Å²) in [6.07, 6.45) is -0.344. The maximum atomic E-state index is 11.3. The second-order valence-electron chi connectivity index (χ2n) is 4.91. The first-order valence-electron chi connectivity index (χ1n) is 6.48. The zero-order valence-corrected chi connectivity index (χ0v) is 12.6. The molecule has 106 valence electrons. The molecule has 19 heavy (non-hydrogen) atoms. The van der Waals surface area contributed by atoms with Gasteiger partial charge in [-0.1, -0.05) is 26.0 Å². The fourth-order valence-corrected chi connectivity index (χ4v) is 2.16. The van der Waals surface area contributed by atoms with Crippen LogP contribution in [0.4, 0.5) is 5.69 Å². The number of hydrogen-bond acceptors (Lipinski definition) is 4. The third-order valence-corrected chi connectivity index (χ3v) is 3.01. The van der Waals surface area contributed by atoms with Crippen molar-refractivity contribution < 1.29 is 14.4 Å². The van der Waals surface area contributed by atoms with E-state index in [0.29, 0.717) is 5.92 Å². The van der Waals surface area contributed by atoms with Crippen molar-refractivity contribution in [3.05, 3.63) is 29.3 Å². The fourth-order valence-electron chi connectivity index (χ4n) is 2.16. The Labute approximate surface area is 115 Å². The highest BCUT2D eigenvalue weighted by Gasteiger charge is 2.22. The monoisotopic (exact) mass is 265 g/mol. The van der Waals surface area contributed by atoms with Crippen LogP contribution in [0.15, 0.2) is 18.2 Å². The Morgan fingerprint density at radius 3 is 2.37 bits per heavy atom. The zero-order valence-electron chi connectivity index (χ0n) is 12.6. The number of aryl methyl sites for hydroxylation is 1. The Hall–Kier alpha value is -1.55. The first-order chi connectivity index (χ1) is 8.88. The fraction of sp³-hybridized carbons (Fsp3) is 0.533. The lowest BCUT2D eigenvalue weighted by Crippen LogP contribution is -2.37. The van der Waals surface area contributed by atoms with Gasteiger partial charge in [0.05, 0.1) is 5.69 Å². The summed E-state index contributed by atoms with van der Waals surface area (Å²) < 4.78 is 5.29. The number of benzene rings is 1. The number of hydroxylamine groups is 1. The molecule has 0 fully saturated rings. The Kier molecular flexibility index (Phi) is 5.36. The topological polar surface area (TPSA) is 38.8 Å². The molecule has 0 aliphatic carbocycles. The largest absolute Gasteiger partial charge is 0.359 e. The van der Waals surface area contributed by atoms with Crippen molar-refractivity contribution in [3.8, 4) is 0 Å². The van der Waals surface area contributed by atoms with Gasteiger partial charge in [-0.25, -0.2) is 0 Å². The van der Waals surface area contributed by atoms with Gasteiger partial charge in [-0.3, -0.25) is 4.79 Å². The molecule has 1 rings (SSSR count). The molecule has 0 aliphatic heterocycles. The lowest BCUT2D eigenvalue weighted by atomic mass is 9.96. The highest BCUT2D eigenvalue weighted by atomic mass is 16.7. The molecule has 1 atom stereocenters. The van der Waals surface area contributed by atoms with Crippen LogP contribution in [-0.2, 0) is 14.4 Å². The molecule has 4 heteroatoms. The average molecular weight is 265 g/mol. The van der Waals surface area contributed by atoms with Crippen LogP contribution >= 0.6 is 0 Å². The van der Waals surface area contributed by atoms with Crippen LogP contribution in [0.25, 0.3) is 0 Å². The third kappa shape index (κ3) is 3.70. The van der Waals surface area contributed by atoms with Gasteiger partial charge < -0.3 is 9.57 Å². The SMILES string of the molecule is COC(C)N(OC(C)=O)c1cccc(C)c1C(C)C. The summed E-state index contributed by atoms with van der Waals surface area (Å²) in [5, 5.41) is 1.53. The highest BCUT2D eigenvalue weighted by Crippen LogP contribution is 2.32. The number of nitrogens with zero attached hydrogens (tertiary/aromatic N) is 1. The summed E-state index contributed by atoms with van der Waals surface area (Å²) >= 11 is 0. The van der Waals surface area contributed by atoms with Gasteiger partial charge in [0.15, 0.2) is 6.23 Å². The molecule has 0 spiro atoms. The van der Waals surface area contributed by atoms with Crippen molar-refractivity contribution in [3.63, 3.8) is 0 Å². The van der Waals surface area contributed by atoms with E-state index in [0.717, 1.165) is 11.3 Å². The molecule has 0 aliphatic rings. The number of anilines is 1. The summed E-state index contributed by atoms with van der Waals surface area (Å²) in [4.78, 5) is 16.6. The summed E-state index contributed by atoms with van der Waals surface area (Å²) in [5.74, 6) is -0.0292. The van der Waals surface area contributed by atoms with Gasteiger partial charge in [0.2, 0.25) is 0 Å². The van der Waals surface area contributed by atoms with E-state index >= 15 is 0 Å². The molecule has 0 radical (unpaired) electrons. The number of ether oxygens (including phenoxy) is 1. The zero-order chi connectivity index (χ0) is 14.6. The molecular weight excluding hydrogens is 242 g/mol. The number of carbonyl (C=O) groups is 1. The van der Waals surface area contributed by atoms with Gasteiger partial charge in [0, 0.05) is 14.0 Å². The van der Waals surface area contributed by atoms with Crippen molar-refractivity contribution >= 4 is 11.7 Å². The van der Waals surface area contributed by atoms with E-state index in [-0.39, 0.29) is 12.2 Å². The molecular formula is C15H23NO3. The van der Waals surface area contributed by atoms with Gasteiger partial charge in [-0.05, 0) is 37.0 Å². The number of hydrogen-bond donors (Lipinski definition) is 0. The van der Waals surface area contributed by atoms with Crippen molar-refractivity contribution in [1.82, 2.24) is 0 Å². The van der Waals surface area contributed by atoms with Crippen LogP contribution in [0.2, 0.25) is 0 Å². The smallest absolute Gasteiger partial charge is 0.329 e. The predicted octanol–water partition coefficient (Wildman–Crippen LogP) is 3.40. The molecule has 0 N–H and O–H groups in total. The molecule has 4 nitrogen and oxygen atoms in total. The first-order valence-corrected chi connectivity index (χ1v) is 6.48. The molecule has 0 heterocycles. The maximum absolute atomic E-state index is 11.3. The molecule has 1 unspecified atom stereocenters. The molecule has 0 amide bonds. The second kappa shape index (κ2) is 6.57. The van der Waals surface area contributed by atoms with E-state index in [1.807, 2.05) is 19.1 Å². The normalized spacial score (nSPS) is 12.4. The van der Waals surface area contributed by atoms with E-state index in [9.17, 15) is 4.79 Å². The molecule has 1 aromatic rings. The van der Waals surface area contributed by atoms with Crippen molar-refractivity contribution in [2.24, 2.45) is 0 Å². The summed E-state index contributed by atoms with van der Waals surface area (Å²) in [6, 6.07) is 5.96. The van der Waals surface area contributed by atoms with Crippen molar-refractivity contribution in [2.75, 3.05) is 12.2 Å². The van der Waals surface area contributed by atoms with E-state index in [1.165, 1.54) is 17.6 Å². The minimum absolute atomic E-state index is 0.332. The lowest BCUT2D eigenvalue weighted by molar-refractivity contribution is -0.147. The molecule has 1 aromatic carbocycles. The standard InChI is InChI=1S/C15H23NO3/c1-10(2)15-11(3)8-7-9-14(15)16(12(4)18-6)19-13(5)17/h7-10,12H,1-6H3. The Bertz CT molecular complexity index is 443. The summed E-state index contributed by atoms with van der Waals surface area (Å²) in [7, 11) is 1.59. The number of rotatable bonds is 5. The van der Waals surface area contributed by atoms with E-state index in [2.05, 4.69) is 26.8 Å². The number of methoxy groups -OCH3 is 1. The second-order valence-corrected chi connectivity index (χ2v) is 4.91. The first kappa shape index (κ1) is 15.5. The van der Waals surface area contributed by atoms with Gasteiger partial charge in [0.1, 0.15) is 0 Å². The van der Waals surface area contributed by atoms with E-state index < -0.39 is 0 Å².